The lowest BCUT2D eigenvalue weighted by molar-refractivity contribution is 0.0512. The molecule has 0 radical (unpaired) electrons. The second kappa shape index (κ2) is 6.22. The molecule has 1 aromatic rings. The van der Waals surface area contributed by atoms with Crippen molar-refractivity contribution < 1.29 is 9.53 Å². The molecule has 0 spiro atoms. The van der Waals surface area contributed by atoms with Gasteiger partial charge in [-0.2, -0.15) is 0 Å². The summed E-state index contributed by atoms with van der Waals surface area (Å²) in [6.07, 6.45) is 1.67. The van der Waals surface area contributed by atoms with E-state index in [1.807, 2.05) is 0 Å². The quantitative estimate of drug-likeness (QED) is 0.689. The molecule has 1 atom stereocenters. The molecule has 0 fully saturated rings. The first-order valence-electron chi connectivity index (χ1n) is 5.45. The first kappa shape index (κ1) is 12.6. The predicted octanol–water partition coefficient (Wildman–Crippen LogP) is 0.509. The number of aromatic nitrogens is 3. The lowest BCUT2D eigenvalue weighted by atomic mass is 10.1. The number of aryl methyl sites for hydroxylation is 1. The van der Waals surface area contributed by atoms with Gasteiger partial charge in [0.2, 0.25) is 0 Å². The smallest absolute Gasteiger partial charge is 0.378 e. The number of carbonyl (C=O) groups excluding carboxylic acids is 1. The molecule has 0 aliphatic rings. The molecule has 1 heterocycles. The molecule has 0 saturated heterocycles. The van der Waals surface area contributed by atoms with Crippen LogP contribution < -0.4 is 5.73 Å². The van der Waals surface area contributed by atoms with Crippen molar-refractivity contribution in [1.82, 2.24) is 15.2 Å². The van der Waals surface area contributed by atoms with Crippen molar-refractivity contribution in [2.75, 3.05) is 13.2 Å². The highest BCUT2D eigenvalue weighted by molar-refractivity contribution is 5.84. The van der Waals surface area contributed by atoms with Crippen molar-refractivity contribution in [3.05, 3.63) is 11.6 Å². The first-order chi connectivity index (χ1) is 7.67. The van der Waals surface area contributed by atoms with Crippen molar-refractivity contribution in [2.24, 2.45) is 11.7 Å². The summed E-state index contributed by atoms with van der Waals surface area (Å²) in [5.41, 5.74) is 5.51. The largest absolute Gasteiger partial charge is 0.460 e. The molecule has 0 aromatic carbocycles. The fraction of sp³-hybridized carbons (Fsp3) is 0.700. The van der Waals surface area contributed by atoms with Crippen molar-refractivity contribution >= 4 is 5.97 Å². The van der Waals surface area contributed by atoms with Crippen LogP contribution in [0.5, 0.6) is 0 Å². The maximum atomic E-state index is 11.3. The topological polar surface area (TPSA) is 93.9 Å². The SMILES string of the molecule is CCOC(=O)c1n[nH]c(CCC(C)CN)n1. The highest BCUT2D eigenvalue weighted by atomic mass is 16.5. The Bertz CT molecular complexity index is 337. The second-order valence-corrected chi connectivity index (χ2v) is 3.71. The van der Waals surface area contributed by atoms with E-state index in [4.69, 9.17) is 10.5 Å². The third-order valence-electron chi connectivity index (χ3n) is 2.27. The van der Waals surface area contributed by atoms with Gasteiger partial charge in [0.1, 0.15) is 5.82 Å². The molecule has 0 amide bonds. The number of ether oxygens (including phenoxy) is 1. The minimum absolute atomic E-state index is 0.0947. The maximum Gasteiger partial charge on any atom is 0.378 e. The molecule has 0 saturated carbocycles. The third-order valence-corrected chi connectivity index (χ3v) is 2.27. The van der Waals surface area contributed by atoms with E-state index in [1.54, 1.807) is 6.92 Å². The first-order valence-corrected chi connectivity index (χ1v) is 5.45. The van der Waals surface area contributed by atoms with E-state index in [0.29, 0.717) is 24.9 Å². The molecular weight excluding hydrogens is 208 g/mol. The summed E-state index contributed by atoms with van der Waals surface area (Å²) >= 11 is 0. The van der Waals surface area contributed by atoms with E-state index in [0.717, 1.165) is 12.8 Å². The summed E-state index contributed by atoms with van der Waals surface area (Å²) < 4.78 is 4.78. The predicted molar refractivity (Wildman–Crippen MR) is 58.9 cm³/mol. The van der Waals surface area contributed by atoms with Gasteiger partial charge in [0.05, 0.1) is 6.61 Å². The van der Waals surface area contributed by atoms with Gasteiger partial charge < -0.3 is 10.5 Å². The molecule has 1 aromatic heterocycles. The Labute approximate surface area is 94.6 Å². The monoisotopic (exact) mass is 226 g/mol. The van der Waals surface area contributed by atoms with Crippen molar-refractivity contribution in [3.63, 3.8) is 0 Å². The van der Waals surface area contributed by atoms with Crippen LogP contribution >= 0.6 is 0 Å². The van der Waals surface area contributed by atoms with E-state index in [2.05, 4.69) is 22.1 Å². The highest BCUT2D eigenvalue weighted by Crippen LogP contribution is 2.05. The van der Waals surface area contributed by atoms with Crippen LogP contribution in [0.15, 0.2) is 0 Å². The number of esters is 1. The number of rotatable bonds is 6. The molecule has 3 N–H and O–H groups in total. The molecule has 90 valence electrons. The average Bonchev–Trinajstić information content (AvgIpc) is 2.75. The molecule has 0 aliphatic carbocycles. The number of hydrogen-bond acceptors (Lipinski definition) is 5. The number of nitrogens with zero attached hydrogens (tertiary/aromatic N) is 2. The minimum atomic E-state index is -0.489. The zero-order valence-electron chi connectivity index (χ0n) is 9.69. The Morgan fingerprint density at radius 3 is 3.00 bits per heavy atom. The molecule has 0 aliphatic heterocycles. The fourth-order valence-electron chi connectivity index (χ4n) is 1.20. The molecule has 0 bridgehead atoms. The van der Waals surface area contributed by atoms with E-state index in [-0.39, 0.29) is 5.82 Å². The molecule has 1 unspecified atom stereocenters. The molecule has 16 heavy (non-hydrogen) atoms. The Morgan fingerprint density at radius 1 is 1.62 bits per heavy atom. The van der Waals surface area contributed by atoms with Crippen molar-refractivity contribution in [2.45, 2.75) is 26.7 Å². The number of hydrogen-bond donors (Lipinski definition) is 2. The number of nitrogens with two attached hydrogens (primary N) is 1. The lowest BCUT2D eigenvalue weighted by Crippen LogP contribution is -2.11. The van der Waals surface area contributed by atoms with Gasteiger partial charge in [-0.05, 0) is 25.8 Å². The Kier molecular flexibility index (Phi) is 4.91. The Balaban J connectivity index is 2.48. The fourth-order valence-corrected chi connectivity index (χ4v) is 1.20. The van der Waals surface area contributed by atoms with Crippen molar-refractivity contribution in [1.29, 1.82) is 0 Å². The summed E-state index contributed by atoms with van der Waals surface area (Å²) in [6, 6.07) is 0. The van der Waals surface area contributed by atoms with Crippen LogP contribution in [0.25, 0.3) is 0 Å². The number of carbonyl (C=O) groups is 1. The summed E-state index contributed by atoms with van der Waals surface area (Å²) in [5, 5.41) is 6.52. The molecule has 6 heteroatoms. The van der Waals surface area contributed by atoms with Crippen LogP contribution in [-0.4, -0.2) is 34.3 Å². The van der Waals surface area contributed by atoms with Gasteiger partial charge in [-0.1, -0.05) is 6.92 Å². The number of H-pyrrole nitrogens is 1. The van der Waals surface area contributed by atoms with Crippen molar-refractivity contribution in [3.8, 4) is 0 Å². The Hall–Kier alpha value is -1.43. The summed E-state index contributed by atoms with van der Waals surface area (Å²) in [6.45, 7) is 4.79. The van der Waals surface area contributed by atoms with E-state index in [1.165, 1.54) is 0 Å². The van der Waals surface area contributed by atoms with E-state index < -0.39 is 5.97 Å². The average molecular weight is 226 g/mol. The molecule has 6 nitrogen and oxygen atoms in total. The normalized spacial score (nSPS) is 12.4. The van der Waals surface area contributed by atoms with Gasteiger partial charge in [0.25, 0.3) is 5.82 Å². The van der Waals surface area contributed by atoms with Crippen LogP contribution in [0.1, 0.15) is 36.7 Å². The zero-order chi connectivity index (χ0) is 12.0. The standard InChI is InChI=1S/C10H18N4O2/c1-3-16-10(15)9-12-8(13-14-9)5-4-7(2)6-11/h7H,3-6,11H2,1-2H3,(H,12,13,14). The van der Waals surface area contributed by atoms with Gasteiger partial charge >= 0.3 is 5.97 Å². The van der Waals surface area contributed by atoms with Crippen LogP contribution in [0.3, 0.4) is 0 Å². The van der Waals surface area contributed by atoms with Crippen LogP contribution in [-0.2, 0) is 11.2 Å². The zero-order valence-corrected chi connectivity index (χ0v) is 9.69. The van der Waals surface area contributed by atoms with Crippen LogP contribution in [0.2, 0.25) is 0 Å². The maximum absolute atomic E-state index is 11.3. The third kappa shape index (κ3) is 3.62. The van der Waals surface area contributed by atoms with Gasteiger partial charge in [0, 0.05) is 6.42 Å². The Morgan fingerprint density at radius 2 is 2.38 bits per heavy atom. The van der Waals surface area contributed by atoms with Gasteiger partial charge in [-0.25, -0.2) is 9.78 Å². The summed E-state index contributed by atoms with van der Waals surface area (Å²) in [4.78, 5) is 15.3. The summed E-state index contributed by atoms with van der Waals surface area (Å²) in [7, 11) is 0. The number of nitrogens with one attached hydrogen (secondary N) is 1. The number of aromatic amines is 1. The molecular formula is C10H18N4O2. The van der Waals surface area contributed by atoms with E-state index >= 15 is 0 Å². The summed E-state index contributed by atoms with van der Waals surface area (Å²) in [5.74, 6) is 0.744. The molecule has 1 rings (SSSR count). The van der Waals surface area contributed by atoms with Gasteiger partial charge in [0.15, 0.2) is 0 Å². The van der Waals surface area contributed by atoms with E-state index in [9.17, 15) is 4.79 Å². The minimum Gasteiger partial charge on any atom is -0.460 e. The highest BCUT2D eigenvalue weighted by Gasteiger charge is 2.13. The lowest BCUT2D eigenvalue weighted by Gasteiger charge is -2.04. The van der Waals surface area contributed by atoms with Crippen LogP contribution in [0, 0.1) is 5.92 Å². The van der Waals surface area contributed by atoms with Gasteiger partial charge in [-0.15, -0.1) is 5.10 Å². The van der Waals surface area contributed by atoms with Crippen LogP contribution in [0.4, 0.5) is 0 Å². The van der Waals surface area contributed by atoms with Gasteiger partial charge in [-0.3, -0.25) is 5.10 Å². The second-order valence-electron chi connectivity index (χ2n) is 3.71.